The largest absolute Gasteiger partial charge is 0.153 e. The predicted molar refractivity (Wildman–Crippen MR) is 62.7 cm³/mol. The Morgan fingerprint density at radius 3 is 0.333 bits per heavy atom. The van der Waals surface area contributed by atoms with Gasteiger partial charge in [0.1, 0.15) is 0 Å². The van der Waals surface area contributed by atoms with Crippen LogP contribution in [0.15, 0.2) is 0 Å². The van der Waals surface area contributed by atoms with E-state index in [4.69, 9.17) is 0 Å². The van der Waals surface area contributed by atoms with Gasteiger partial charge >= 0.3 is 0 Å². The fourth-order valence-corrected chi connectivity index (χ4v) is 0. The van der Waals surface area contributed by atoms with Gasteiger partial charge in [0.25, 0.3) is 0 Å². The van der Waals surface area contributed by atoms with Crippen molar-refractivity contribution in [3.63, 3.8) is 0 Å². The Hall–Kier alpha value is 2.83. The lowest BCUT2D eigenvalue weighted by Crippen LogP contribution is 0.845. The molecule has 6 heteroatoms. The van der Waals surface area contributed by atoms with E-state index in [1.54, 1.807) is 0 Å². The van der Waals surface area contributed by atoms with E-state index in [1.807, 2.05) is 0 Å². The van der Waals surface area contributed by atoms with E-state index < -0.39 is 0 Å². The monoisotopic (exact) mass is 434 g/mol. The van der Waals surface area contributed by atoms with Crippen LogP contribution in [0.2, 0.25) is 0 Å². The van der Waals surface area contributed by atoms with Crippen molar-refractivity contribution in [2.45, 2.75) is 0 Å². The molecule has 0 nitrogen and oxygen atoms in total. The molecule has 0 saturated carbocycles. The summed E-state index contributed by atoms with van der Waals surface area (Å²) in [4.78, 5) is 0. The van der Waals surface area contributed by atoms with Crippen molar-refractivity contribution < 1.29 is 0 Å². The highest BCUT2D eigenvalue weighted by atomic mass is 79.9. The molecule has 1 atom stereocenters. The fraction of sp³-hybridized carbons (Fsp3) is 0. The summed E-state index contributed by atoms with van der Waals surface area (Å²) in [6, 6.07) is 0. The van der Waals surface area contributed by atoms with E-state index in [9.17, 15) is 0 Å². The van der Waals surface area contributed by atoms with Gasteiger partial charge in [0.2, 0.25) is 0 Å². The van der Waals surface area contributed by atoms with E-state index in [2.05, 4.69) is 0 Å². The summed E-state index contributed by atoms with van der Waals surface area (Å²) in [5, 5.41) is 0. The van der Waals surface area contributed by atoms with Gasteiger partial charge in [-0.25, -0.2) is 0 Å². The maximum Gasteiger partial charge on any atom is -0.114 e. The van der Waals surface area contributed by atoms with Crippen molar-refractivity contribution in [1.82, 2.24) is 0 Å². The number of hydrogen-bond donors (Lipinski definition) is 0. The molecule has 0 heterocycles. The number of hydrogen-bond acceptors (Lipinski definition) is 0. The summed E-state index contributed by atoms with van der Waals surface area (Å²) >= 11 is 0. The molecule has 0 saturated heterocycles. The van der Waals surface area contributed by atoms with E-state index in [1.165, 1.54) is 0 Å². The van der Waals surface area contributed by atoms with Crippen molar-refractivity contribution >= 4 is 94.8 Å². The number of rotatable bonds is 0. The maximum atomic E-state index is 0. The highest BCUT2D eigenvalue weighted by molar-refractivity contribution is 8.93. The maximum absolute atomic E-state index is 0. The molecule has 0 aliphatic rings. The standard InChI is InChI=1S/5BrH.H3P/h5*1H;1H3. The van der Waals surface area contributed by atoms with Gasteiger partial charge in [-0.15, -0.1) is 84.9 Å². The molecule has 1 unspecified atom stereocenters. The Morgan fingerprint density at radius 1 is 0.333 bits per heavy atom. The molecule has 0 rings (SSSR count). The Labute approximate surface area is 93.7 Å². The van der Waals surface area contributed by atoms with Gasteiger partial charge in [0.15, 0.2) is 0 Å². The molecule has 0 aromatic carbocycles. The van der Waals surface area contributed by atoms with E-state index in [-0.39, 0.29) is 94.8 Å². The number of halogens is 5. The minimum atomic E-state index is 0. The Kier molecular flexibility index (Phi) is 514. The molecule has 0 aliphatic carbocycles. The smallest absolute Gasteiger partial charge is 0.114 e. The zero-order chi connectivity index (χ0) is 0. The van der Waals surface area contributed by atoms with Crippen LogP contribution in [0.5, 0.6) is 0 Å². The summed E-state index contributed by atoms with van der Waals surface area (Å²) in [5.41, 5.74) is 0. The van der Waals surface area contributed by atoms with Crippen LogP contribution in [0.1, 0.15) is 0 Å². The van der Waals surface area contributed by atoms with Crippen molar-refractivity contribution in [1.29, 1.82) is 0 Å². The van der Waals surface area contributed by atoms with Crippen LogP contribution in [0.3, 0.4) is 0 Å². The van der Waals surface area contributed by atoms with Crippen LogP contribution in [0.25, 0.3) is 0 Å². The lowest BCUT2D eigenvalue weighted by atomic mass is 31.0. The first-order valence-corrected chi connectivity index (χ1v) is 0. The van der Waals surface area contributed by atoms with E-state index in [0.29, 0.717) is 0 Å². The molecule has 0 aromatic heterocycles. The van der Waals surface area contributed by atoms with Gasteiger partial charge in [-0.05, 0) is 0 Å². The summed E-state index contributed by atoms with van der Waals surface area (Å²) in [6.45, 7) is 0. The van der Waals surface area contributed by atoms with Gasteiger partial charge in [-0.2, -0.15) is 9.90 Å². The third-order valence-corrected chi connectivity index (χ3v) is 0. The molecular weight excluding hydrogens is 430 g/mol. The lowest BCUT2D eigenvalue weighted by molar-refractivity contribution is 6.92. The lowest BCUT2D eigenvalue weighted by Gasteiger charge is -0.154. The third kappa shape index (κ3) is 29.0. The Bertz CT molecular complexity index is 3.90. The summed E-state index contributed by atoms with van der Waals surface area (Å²) in [6.07, 6.45) is 0. The van der Waals surface area contributed by atoms with Crippen LogP contribution in [0, 0.1) is 0 Å². The molecule has 0 fully saturated rings. The molecule has 0 amide bonds. The molecule has 0 aliphatic heterocycles. The second-order valence-electron chi connectivity index (χ2n) is 0. The van der Waals surface area contributed by atoms with Gasteiger partial charge < -0.3 is 0 Å². The average molecular weight is 439 g/mol. The first-order valence-electron chi connectivity index (χ1n) is 0. The molecule has 6 heavy (non-hydrogen) atoms. The van der Waals surface area contributed by atoms with Crippen LogP contribution in [-0.4, -0.2) is 0 Å². The van der Waals surface area contributed by atoms with Crippen LogP contribution >= 0.6 is 94.8 Å². The average Bonchev–Trinajstić information content (AvgIpc) is 0. The highest BCUT2D eigenvalue weighted by Gasteiger charge is -0.109. The minimum absolute atomic E-state index is 0. The SMILES string of the molecule is Br.Br.Br.Br.Br.P. The summed E-state index contributed by atoms with van der Waals surface area (Å²) in [5.74, 6) is 0. The topological polar surface area (TPSA) is 0 Å². The second kappa shape index (κ2) is 45.6. The van der Waals surface area contributed by atoms with Crippen molar-refractivity contribution in [3.05, 3.63) is 0 Å². The van der Waals surface area contributed by atoms with Gasteiger partial charge in [-0.3, -0.25) is 0 Å². The third-order valence-electron chi connectivity index (χ3n) is 0. The zero-order valence-electron chi connectivity index (χ0n) is 2.75. The van der Waals surface area contributed by atoms with Gasteiger partial charge in [0, 0.05) is 0 Å². The van der Waals surface area contributed by atoms with Crippen molar-refractivity contribution in [3.8, 4) is 0 Å². The van der Waals surface area contributed by atoms with Crippen LogP contribution in [0.4, 0.5) is 0 Å². The minimum Gasteiger partial charge on any atom is -0.153 e. The molecule has 48 valence electrons. The second-order valence-corrected chi connectivity index (χ2v) is 0. The Balaban J connectivity index is 0. The van der Waals surface area contributed by atoms with Crippen LogP contribution < -0.4 is 0 Å². The molecule has 0 bridgehead atoms. The molecule has 0 N–H and O–H groups in total. The molecule has 0 aromatic rings. The zero-order valence-corrected chi connectivity index (χ0v) is 12.7. The van der Waals surface area contributed by atoms with Crippen LogP contribution in [-0.2, 0) is 0 Å². The molecule has 0 spiro atoms. The Morgan fingerprint density at radius 2 is 0.333 bits per heavy atom. The first kappa shape index (κ1) is 67.6. The van der Waals surface area contributed by atoms with Gasteiger partial charge in [-0.1, -0.05) is 0 Å². The first-order chi connectivity index (χ1) is 0. The summed E-state index contributed by atoms with van der Waals surface area (Å²) < 4.78 is 0. The molecular formula is H8Br5P. The predicted octanol–water partition coefficient (Wildman–Crippen LogP) is 2.95. The van der Waals surface area contributed by atoms with E-state index >= 15 is 0 Å². The molecule has 0 radical (unpaired) electrons. The fourth-order valence-electron chi connectivity index (χ4n) is 0. The van der Waals surface area contributed by atoms with Crippen molar-refractivity contribution in [2.75, 3.05) is 0 Å². The highest BCUT2D eigenvalue weighted by Crippen LogP contribution is 0.862. The van der Waals surface area contributed by atoms with Gasteiger partial charge in [0.05, 0.1) is 0 Å². The normalized spacial score (nSPS) is 0. The van der Waals surface area contributed by atoms with Crippen molar-refractivity contribution in [2.24, 2.45) is 0 Å². The summed E-state index contributed by atoms with van der Waals surface area (Å²) in [7, 11) is 0. The van der Waals surface area contributed by atoms with E-state index in [0.717, 1.165) is 0 Å². The quantitative estimate of drug-likeness (QED) is 0.510.